The average molecular weight is 815 g/mol. The number of carbonyl (C=O) groups is 3. The first-order valence-electron chi connectivity index (χ1n) is 15.1. The lowest BCUT2D eigenvalue weighted by molar-refractivity contribution is -0.385. The van der Waals surface area contributed by atoms with Gasteiger partial charge >= 0.3 is 25.7 Å². The highest BCUT2D eigenvalue weighted by atomic mass is 35.5. The van der Waals surface area contributed by atoms with Crippen LogP contribution in [-0.2, 0) is 31.5 Å². The third-order valence-corrected chi connectivity index (χ3v) is 7.81. The van der Waals surface area contributed by atoms with Gasteiger partial charge in [-0.2, -0.15) is 13.2 Å². The molecule has 292 valence electrons. The molecule has 3 rings (SSSR count). The summed E-state index contributed by atoms with van der Waals surface area (Å²) in [5.74, 6) is -3.09. The number of methoxy groups -OCH3 is 1. The first-order chi connectivity index (χ1) is 24.6. The minimum Gasteiger partial charge on any atom is -0.480 e. The van der Waals surface area contributed by atoms with Crippen LogP contribution in [0.25, 0.3) is 0 Å². The van der Waals surface area contributed by atoms with Gasteiger partial charge in [-0.3, -0.25) is 29.6 Å². The molecule has 3 aromatic carbocycles. The van der Waals surface area contributed by atoms with E-state index in [-0.39, 0.29) is 34.4 Å². The molecular weight excluding hydrogens is 777 g/mol. The van der Waals surface area contributed by atoms with Crippen LogP contribution in [0.15, 0.2) is 54.6 Å². The minimum atomic E-state index is -4.58. The van der Waals surface area contributed by atoms with E-state index in [1.54, 1.807) is 12.0 Å². The van der Waals surface area contributed by atoms with Gasteiger partial charge in [-0.05, 0) is 55.7 Å². The van der Waals surface area contributed by atoms with Crippen LogP contribution >= 0.6 is 30.8 Å². The Morgan fingerprint density at radius 1 is 1.09 bits per heavy atom. The Kier molecular flexibility index (Phi) is 18.9. The number of ether oxygens (including phenoxy) is 2. The minimum absolute atomic E-state index is 0.0223. The molecule has 0 aliphatic carbocycles. The number of nitrogens with one attached hydrogen (secondary N) is 1. The number of para-hydroxylation sites is 1. The van der Waals surface area contributed by atoms with E-state index in [1.807, 2.05) is 26.0 Å². The number of aryl methyl sites for hydroxylation is 2. The van der Waals surface area contributed by atoms with Crippen LogP contribution in [-0.4, -0.2) is 81.2 Å². The van der Waals surface area contributed by atoms with Crippen LogP contribution in [0, 0.1) is 17.0 Å². The monoisotopic (exact) mass is 813 g/mol. The summed E-state index contributed by atoms with van der Waals surface area (Å²) in [5.41, 5.74) is 0.964. The van der Waals surface area contributed by atoms with Gasteiger partial charge in [0.2, 0.25) is 5.91 Å². The lowest BCUT2D eigenvalue weighted by Gasteiger charge is -2.31. The van der Waals surface area contributed by atoms with Crippen LogP contribution in [0.5, 0.6) is 11.5 Å². The van der Waals surface area contributed by atoms with Gasteiger partial charge in [0, 0.05) is 19.2 Å². The summed E-state index contributed by atoms with van der Waals surface area (Å²) in [6.07, 6.45) is -4.30. The van der Waals surface area contributed by atoms with Gasteiger partial charge in [0.1, 0.15) is 22.9 Å². The number of halogens is 5. The van der Waals surface area contributed by atoms with Crippen molar-refractivity contribution in [2.75, 3.05) is 37.3 Å². The number of carbonyl (C=O) groups excluding carboxylic acids is 1. The second-order valence-electron chi connectivity index (χ2n) is 10.8. The molecule has 53 heavy (non-hydrogen) atoms. The molecule has 0 radical (unpaired) electrons. The van der Waals surface area contributed by atoms with Crippen molar-refractivity contribution in [1.29, 1.82) is 0 Å². The molecule has 0 aromatic heterocycles. The fourth-order valence-corrected chi connectivity index (χ4v) is 5.18. The smallest absolute Gasteiger partial charge is 0.416 e. The molecule has 3 aromatic rings. The summed E-state index contributed by atoms with van der Waals surface area (Å²) in [6.45, 7) is 6.12. The summed E-state index contributed by atoms with van der Waals surface area (Å²) in [4.78, 5) is 61.0. The van der Waals surface area contributed by atoms with Gasteiger partial charge in [0.25, 0.3) is 5.69 Å². The molecule has 21 heteroatoms. The molecule has 15 nitrogen and oxygen atoms in total. The first kappa shape index (κ1) is 46.7. The van der Waals surface area contributed by atoms with Crippen molar-refractivity contribution in [2.45, 2.75) is 39.4 Å². The maximum absolute atomic E-state index is 12.6. The Hall–Kier alpha value is -4.29. The molecule has 0 saturated heterocycles. The van der Waals surface area contributed by atoms with Gasteiger partial charge in [-0.15, -0.1) is 11.6 Å². The fraction of sp³-hybridized carbons (Fsp3) is 0.344. The Morgan fingerprint density at radius 2 is 1.74 bits per heavy atom. The van der Waals surface area contributed by atoms with E-state index in [9.17, 15) is 42.2 Å². The highest BCUT2D eigenvalue weighted by Crippen LogP contribution is 2.37. The second-order valence-corrected chi connectivity index (χ2v) is 13.1. The number of hydrogen-bond acceptors (Lipinski definition) is 9. The Balaban J connectivity index is 0.000000432. The van der Waals surface area contributed by atoms with Gasteiger partial charge in [0.05, 0.1) is 46.7 Å². The van der Waals surface area contributed by atoms with E-state index in [2.05, 4.69) is 18.3 Å². The Bertz CT molecular complexity index is 1790. The standard InChI is InChI=1S/C15H22ClNO2.C14H7ClF3NO5.C3H8NO5P/c1-5-13-8-6-7-11(2)15(13)17(14(18)9-16)12(3)10-19-4;15-10-5-7(14(16,17)18)1-4-12(10)24-8-2-3-11(19(22)23)9(6-8)13(20)21;5-3(6)1-4-2-10(7,8)9/h6-8,12H,5,9-10H2,1-4H3;1-6H,(H,20,21);4H,1-2H2,(H,5,6)(H2,7,8,9). The molecule has 0 saturated carbocycles. The summed E-state index contributed by atoms with van der Waals surface area (Å²) in [7, 11) is -2.46. The normalized spacial score (nSPS) is 11.6. The fourth-order valence-electron chi connectivity index (χ4n) is 4.43. The maximum Gasteiger partial charge on any atom is 0.416 e. The number of amides is 1. The maximum atomic E-state index is 12.6. The summed E-state index contributed by atoms with van der Waals surface area (Å²) >= 11 is 11.5. The number of aromatic carboxylic acids is 1. The van der Waals surface area contributed by atoms with E-state index in [0.29, 0.717) is 12.7 Å². The van der Waals surface area contributed by atoms with Crippen molar-refractivity contribution in [3.05, 3.63) is 92.0 Å². The topological polar surface area (TPSA) is 226 Å². The number of hydrogen-bond donors (Lipinski definition) is 5. The third-order valence-electron chi connectivity index (χ3n) is 6.65. The van der Waals surface area contributed by atoms with E-state index in [4.69, 9.17) is 52.7 Å². The number of aliphatic carboxylic acids is 1. The van der Waals surface area contributed by atoms with Crippen molar-refractivity contribution in [2.24, 2.45) is 0 Å². The highest BCUT2D eigenvalue weighted by Gasteiger charge is 2.31. The summed E-state index contributed by atoms with van der Waals surface area (Å²) < 4.78 is 58.1. The SMILES string of the molecule is CCc1cccc(C)c1N(C(=O)CCl)C(C)COC.O=C(O)CNCP(=O)(O)O.O=C(O)c1cc(Oc2ccc(C(F)(F)F)cc2Cl)ccc1[N+](=O)[O-]. The van der Waals surface area contributed by atoms with Crippen LogP contribution in [0.4, 0.5) is 24.5 Å². The predicted octanol–water partition coefficient (Wildman–Crippen LogP) is 6.72. The van der Waals surface area contributed by atoms with Gasteiger partial charge < -0.3 is 34.4 Å². The third kappa shape index (κ3) is 15.7. The lowest BCUT2D eigenvalue weighted by atomic mass is 10.0. The largest absolute Gasteiger partial charge is 0.480 e. The zero-order valence-electron chi connectivity index (χ0n) is 28.6. The van der Waals surface area contributed by atoms with Gasteiger partial charge in [-0.1, -0.05) is 36.7 Å². The number of carboxylic acids is 2. The van der Waals surface area contributed by atoms with Crippen molar-refractivity contribution in [3.8, 4) is 11.5 Å². The van der Waals surface area contributed by atoms with Crippen LogP contribution in [0.3, 0.4) is 0 Å². The Labute approximate surface area is 311 Å². The quantitative estimate of drug-likeness (QED) is 0.0494. The van der Waals surface area contributed by atoms with Crippen LogP contribution in [0.1, 0.15) is 40.9 Å². The zero-order chi connectivity index (χ0) is 40.7. The summed E-state index contributed by atoms with van der Waals surface area (Å²) in [5, 5.41) is 29.4. The van der Waals surface area contributed by atoms with Gasteiger partial charge in [0.15, 0.2) is 0 Å². The predicted molar refractivity (Wildman–Crippen MR) is 189 cm³/mol. The van der Waals surface area contributed by atoms with Crippen molar-refractivity contribution in [1.82, 2.24) is 5.32 Å². The first-order valence-corrected chi connectivity index (χ1v) is 17.8. The van der Waals surface area contributed by atoms with Crippen LogP contribution < -0.4 is 15.0 Å². The number of anilines is 1. The molecule has 1 unspecified atom stereocenters. The Morgan fingerprint density at radius 3 is 2.21 bits per heavy atom. The number of benzene rings is 3. The van der Waals surface area contributed by atoms with Crippen molar-refractivity contribution in [3.63, 3.8) is 0 Å². The summed E-state index contributed by atoms with van der Waals surface area (Å²) in [6, 6.07) is 11.3. The molecule has 5 N–H and O–H groups in total. The van der Waals surface area contributed by atoms with Crippen LogP contribution in [0.2, 0.25) is 5.02 Å². The number of nitrogens with zero attached hydrogens (tertiary/aromatic N) is 2. The molecule has 0 aliphatic heterocycles. The average Bonchev–Trinajstić information content (AvgIpc) is 3.05. The van der Waals surface area contributed by atoms with Crippen molar-refractivity contribution < 1.29 is 66.5 Å². The van der Waals surface area contributed by atoms with Gasteiger partial charge in [-0.25, -0.2) is 4.79 Å². The van der Waals surface area contributed by atoms with E-state index < -0.39 is 60.3 Å². The molecular formula is C32H37Cl2F3N3O12P. The number of alkyl halides is 4. The number of carboxylic acid groups (broad SMARTS) is 2. The molecule has 0 fully saturated rings. The second kappa shape index (κ2) is 21.4. The number of nitro benzene ring substituents is 1. The highest BCUT2D eigenvalue weighted by molar-refractivity contribution is 7.51. The molecule has 1 amide bonds. The zero-order valence-corrected chi connectivity index (χ0v) is 31.0. The van der Waals surface area contributed by atoms with E-state index in [1.165, 1.54) is 0 Å². The van der Waals surface area contributed by atoms with E-state index >= 15 is 0 Å². The molecule has 0 aliphatic rings. The molecule has 0 bridgehead atoms. The van der Waals surface area contributed by atoms with E-state index in [0.717, 1.165) is 53.6 Å². The number of rotatable bonds is 14. The number of nitro groups is 1. The molecule has 0 heterocycles. The molecule has 0 spiro atoms. The molecule has 1 atom stereocenters. The van der Waals surface area contributed by atoms with Crippen molar-refractivity contribution >= 4 is 60.0 Å². The lowest BCUT2D eigenvalue weighted by Crippen LogP contribution is -2.43.